The number of hydrogen-bond acceptors (Lipinski definition) is 6. The lowest BCUT2D eigenvalue weighted by molar-refractivity contribution is -0.117. The van der Waals surface area contributed by atoms with Gasteiger partial charge in [0.2, 0.25) is 5.91 Å². The molecule has 1 aliphatic heterocycles. The first kappa shape index (κ1) is 21.1. The molecule has 2 N–H and O–H groups in total. The summed E-state index contributed by atoms with van der Waals surface area (Å²) in [4.78, 5) is 26.6. The lowest BCUT2D eigenvalue weighted by atomic mass is 10.2. The fourth-order valence-electron chi connectivity index (χ4n) is 3.29. The van der Waals surface area contributed by atoms with E-state index in [0.717, 1.165) is 0 Å². The Morgan fingerprint density at radius 2 is 1.67 bits per heavy atom. The van der Waals surface area contributed by atoms with Crippen LogP contribution in [0.25, 0.3) is 0 Å². The van der Waals surface area contributed by atoms with E-state index in [4.69, 9.17) is 18.9 Å². The van der Waals surface area contributed by atoms with Crippen molar-refractivity contribution in [2.24, 2.45) is 0 Å². The number of benzene rings is 2. The lowest BCUT2D eigenvalue weighted by Crippen LogP contribution is -2.39. The van der Waals surface area contributed by atoms with Gasteiger partial charge in [0.15, 0.2) is 11.5 Å². The molecule has 0 radical (unpaired) electrons. The van der Waals surface area contributed by atoms with Gasteiger partial charge >= 0.3 is 6.03 Å². The zero-order chi connectivity index (χ0) is 21.7. The molecule has 3 amide bonds. The number of nitrogens with zero attached hydrogens (tertiary/aromatic N) is 1. The fraction of sp³-hybridized carbons (Fsp3) is 0.333. The second-order valence-electron chi connectivity index (χ2n) is 6.61. The lowest BCUT2D eigenvalue weighted by Gasteiger charge is -2.19. The van der Waals surface area contributed by atoms with Gasteiger partial charge < -0.3 is 34.5 Å². The van der Waals surface area contributed by atoms with Crippen molar-refractivity contribution >= 4 is 23.3 Å². The molecule has 3 rings (SSSR count). The van der Waals surface area contributed by atoms with Crippen LogP contribution in [0.5, 0.6) is 23.0 Å². The maximum Gasteiger partial charge on any atom is 0.319 e. The van der Waals surface area contributed by atoms with Crippen LogP contribution < -0.4 is 34.5 Å². The van der Waals surface area contributed by atoms with E-state index in [2.05, 4.69) is 10.6 Å². The van der Waals surface area contributed by atoms with Crippen molar-refractivity contribution in [3.05, 3.63) is 36.4 Å². The van der Waals surface area contributed by atoms with Gasteiger partial charge in [-0.25, -0.2) is 4.79 Å². The molecule has 1 aliphatic rings. The third kappa shape index (κ3) is 4.51. The predicted molar refractivity (Wildman–Crippen MR) is 112 cm³/mol. The Hall–Kier alpha value is -3.62. The normalized spacial score (nSPS) is 15.5. The first-order valence-corrected chi connectivity index (χ1v) is 9.31. The number of rotatable bonds is 7. The van der Waals surface area contributed by atoms with Crippen molar-refractivity contribution in [2.75, 3.05) is 45.2 Å². The average molecular weight is 415 g/mol. The molecule has 1 saturated heterocycles. The summed E-state index contributed by atoms with van der Waals surface area (Å²) in [6, 6.07) is 9.58. The molecule has 1 fully saturated rings. The Morgan fingerprint density at radius 1 is 0.933 bits per heavy atom. The second-order valence-corrected chi connectivity index (χ2v) is 6.61. The van der Waals surface area contributed by atoms with Crippen LogP contribution >= 0.6 is 0 Å². The highest BCUT2D eigenvalue weighted by atomic mass is 16.5. The SMILES string of the molecule is COc1ccc(NC(=O)N[C@@H]2CC(=O)N(c3ccc(OC)c(OC)c3)C2)c(OC)c1. The maximum atomic E-state index is 12.5. The third-order valence-corrected chi connectivity index (χ3v) is 4.80. The van der Waals surface area contributed by atoms with E-state index in [-0.39, 0.29) is 18.4 Å². The van der Waals surface area contributed by atoms with Crippen LogP contribution in [0.4, 0.5) is 16.2 Å². The van der Waals surface area contributed by atoms with Gasteiger partial charge in [-0.1, -0.05) is 0 Å². The van der Waals surface area contributed by atoms with E-state index < -0.39 is 6.03 Å². The second kappa shape index (κ2) is 9.25. The summed E-state index contributed by atoms with van der Waals surface area (Å²) >= 11 is 0. The summed E-state index contributed by atoms with van der Waals surface area (Å²) in [7, 11) is 6.15. The van der Waals surface area contributed by atoms with E-state index in [1.54, 1.807) is 55.5 Å². The Kier molecular flexibility index (Phi) is 6.51. The molecule has 0 aromatic heterocycles. The molecule has 0 bridgehead atoms. The van der Waals surface area contributed by atoms with Crippen molar-refractivity contribution < 1.29 is 28.5 Å². The number of amides is 3. The topological polar surface area (TPSA) is 98.4 Å². The predicted octanol–water partition coefficient (Wildman–Crippen LogP) is 2.65. The summed E-state index contributed by atoms with van der Waals surface area (Å²) in [6.45, 7) is 0.349. The van der Waals surface area contributed by atoms with Crippen LogP contribution in [-0.4, -0.2) is 53.0 Å². The van der Waals surface area contributed by atoms with Crippen molar-refractivity contribution in [1.82, 2.24) is 5.32 Å². The maximum absolute atomic E-state index is 12.5. The first-order valence-electron chi connectivity index (χ1n) is 9.31. The van der Waals surface area contributed by atoms with Gasteiger partial charge in [-0.3, -0.25) is 4.79 Å². The van der Waals surface area contributed by atoms with E-state index in [1.165, 1.54) is 14.2 Å². The molecule has 0 saturated carbocycles. The fourth-order valence-corrected chi connectivity index (χ4v) is 3.29. The van der Waals surface area contributed by atoms with Crippen LogP contribution in [0.3, 0.4) is 0 Å². The molecule has 1 atom stereocenters. The molecule has 160 valence electrons. The minimum atomic E-state index is -0.426. The summed E-state index contributed by atoms with van der Waals surface area (Å²) < 4.78 is 21.0. The van der Waals surface area contributed by atoms with Gasteiger partial charge in [0, 0.05) is 30.8 Å². The molecule has 9 heteroatoms. The van der Waals surface area contributed by atoms with Gasteiger partial charge in [-0.15, -0.1) is 0 Å². The highest BCUT2D eigenvalue weighted by Crippen LogP contribution is 2.33. The zero-order valence-corrected chi connectivity index (χ0v) is 17.4. The van der Waals surface area contributed by atoms with Crippen LogP contribution in [0.15, 0.2) is 36.4 Å². The Balaban J connectivity index is 1.65. The highest BCUT2D eigenvalue weighted by Gasteiger charge is 2.32. The smallest absolute Gasteiger partial charge is 0.319 e. The minimum Gasteiger partial charge on any atom is -0.497 e. The number of carbonyl (C=O) groups is 2. The summed E-state index contributed by atoms with van der Waals surface area (Å²) in [5.74, 6) is 2.11. The Morgan fingerprint density at radius 3 is 2.33 bits per heavy atom. The molecule has 2 aromatic carbocycles. The number of hydrogen-bond donors (Lipinski definition) is 2. The first-order chi connectivity index (χ1) is 14.5. The molecule has 0 spiro atoms. The molecular formula is C21H25N3O6. The molecule has 2 aromatic rings. The van der Waals surface area contributed by atoms with E-state index in [0.29, 0.717) is 40.9 Å². The standard InChI is InChI=1S/C21H25N3O6/c1-27-15-6-7-16(18(11-15)29-3)23-21(26)22-13-9-20(25)24(12-13)14-5-8-17(28-2)19(10-14)30-4/h5-8,10-11,13H,9,12H2,1-4H3,(H2,22,23,26)/t13-/m1/s1. The largest absolute Gasteiger partial charge is 0.497 e. The monoisotopic (exact) mass is 415 g/mol. The van der Waals surface area contributed by atoms with Gasteiger partial charge in [0.05, 0.1) is 40.2 Å². The molecule has 0 aliphatic carbocycles. The van der Waals surface area contributed by atoms with Crippen molar-refractivity contribution in [3.63, 3.8) is 0 Å². The average Bonchev–Trinajstić information content (AvgIpc) is 3.12. The number of methoxy groups -OCH3 is 4. The quantitative estimate of drug-likeness (QED) is 0.722. The van der Waals surface area contributed by atoms with Gasteiger partial charge in [0.25, 0.3) is 0 Å². The van der Waals surface area contributed by atoms with Crippen LogP contribution in [0.2, 0.25) is 0 Å². The molecule has 0 unspecified atom stereocenters. The van der Waals surface area contributed by atoms with E-state index in [1.807, 2.05) is 0 Å². The van der Waals surface area contributed by atoms with Crippen molar-refractivity contribution in [1.29, 1.82) is 0 Å². The van der Waals surface area contributed by atoms with Gasteiger partial charge in [-0.2, -0.15) is 0 Å². The third-order valence-electron chi connectivity index (χ3n) is 4.80. The minimum absolute atomic E-state index is 0.0884. The van der Waals surface area contributed by atoms with Crippen LogP contribution in [0.1, 0.15) is 6.42 Å². The van der Waals surface area contributed by atoms with E-state index >= 15 is 0 Å². The van der Waals surface area contributed by atoms with Gasteiger partial charge in [-0.05, 0) is 24.3 Å². The van der Waals surface area contributed by atoms with Crippen molar-refractivity contribution in [2.45, 2.75) is 12.5 Å². The Labute approximate surface area is 174 Å². The number of nitrogens with one attached hydrogen (secondary N) is 2. The number of ether oxygens (including phenoxy) is 4. The molecular weight excluding hydrogens is 390 g/mol. The van der Waals surface area contributed by atoms with Crippen LogP contribution in [0, 0.1) is 0 Å². The summed E-state index contributed by atoms with van der Waals surface area (Å²) in [5.41, 5.74) is 1.18. The summed E-state index contributed by atoms with van der Waals surface area (Å²) in [6.07, 6.45) is 0.196. The van der Waals surface area contributed by atoms with Crippen molar-refractivity contribution in [3.8, 4) is 23.0 Å². The van der Waals surface area contributed by atoms with Gasteiger partial charge in [0.1, 0.15) is 11.5 Å². The Bertz CT molecular complexity index is 933. The molecule has 9 nitrogen and oxygen atoms in total. The van der Waals surface area contributed by atoms with Crippen LogP contribution in [-0.2, 0) is 4.79 Å². The number of urea groups is 1. The zero-order valence-electron chi connectivity index (χ0n) is 17.4. The number of carbonyl (C=O) groups excluding carboxylic acids is 2. The molecule has 1 heterocycles. The molecule has 30 heavy (non-hydrogen) atoms. The summed E-state index contributed by atoms with van der Waals surface area (Å²) in [5, 5.41) is 5.58. The van der Waals surface area contributed by atoms with E-state index in [9.17, 15) is 9.59 Å². The highest BCUT2D eigenvalue weighted by molar-refractivity contribution is 5.98. The number of anilines is 2.